The van der Waals surface area contributed by atoms with Crippen LogP contribution in [-0.2, 0) is 10.2 Å². The number of anilines is 1. The lowest BCUT2D eigenvalue weighted by molar-refractivity contribution is -0.124. The first kappa shape index (κ1) is 14.9. The van der Waals surface area contributed by atoms with E-state index in [0.717, 1.165) is 12.1 Å². The summed E-state index contributed by atoms with van der Waals surface area (Å²) in [7, 11) is 0. The van der Waals surface area contributed by atoms with E-state index in [1.807, 2.05) is 18.3 Å². The molecule has 122 valence electrons. The van der Waals surface area contributed by atoms with Crippen LogP contribution in [0.1, 0.15) is 31.4 Å². The van der Waals surface area contributed by atoms with Crippen molar-refractivity contribution < 1.29 is 4.79 Å². The molecule has 24 heavy (non-hydrogen) atoms. The molecule has 0 unspecified atom stereocenters. The third-order valence-electron chi connectivity index (χ3n) is 5.34. The summed E-state index contributed by atoms with van der Waals surface area (Å²) in [6, 6.07) is 12.4. The number of amides is 1. The number of nitrogens with zero attached hydrogens (tertiary/aromatic N) is 2. The fraction of sp³-hybridized carbons (Fsp3) is 0.300. The van der Waals surface area contributed by atoms with Gasteiger partial charge in [0.05, 0.1) is 0 Å². The highest BCUT2D eigenvalue weighted by molar-refractivity contribution is 5.84. The molecule has 2 aromatic rings. The molecule has 2 aliphatic rings. The first-order valence-corrected chi connectivity index (χ1v) is 8.32. The minimum Gasteiger partial charge on any atom is -0.344 e. The highest BCUT2D eigenvalue weighted by Crippen LogP contribution is 2.52. The second kappa shape index (κ2) is 5.20. The molecule has 1 aromatic heterocycles. The van der Waals surface area contributed by atoms with Gasteiger partial charge in [0, 0.05) is 36.5 Å². The van der Waals surface area contributed by atoms with Gasteiger partial charge in [-0.05, 0) is 29.3 Å². The minimum absolute atomic E-state index is 0.1000. The van der Waals surface area contributed by atoms with Gasteiger partial charge in [-0.15, -0.1) is 0 Å². The number of hydrogen-bond acceptors (Lipinski definition) is 3. The maximum atomic E-state index is 12.3. The summed E-state index contributed by atoms with van der Waals surface area (Å²) in [5.74, 6) is 0.1000. The average Bonchev–Trinajstić information content (AvgIpc) is 2.79. The molecular formula is C20H21N3O. The van der Waals surface area contributed by atoms with Crippen molar-refractivity contribution in [2.45, 2.75) is 31.3 Å². The summed E-state index contributed by atoms with van der Waals surface area (Å²) in [4.78, 5) is 18.8. The molecule has 2 aliphatic heterocycles. The van der Waals surface area contributed by atoms with Crippen molar-refractivity contribution in [3.05, 3.63) is 66.0 Å². The van der Waals surface area contributed by atoms with Crippen molar-refractivity contribution in [2.75, 3.05) is 11.4 Å². The normalized spacial score (nSPS) is 24.6. The van der Waals surface area contributed by atoms with E-state index in [2.05, 4.69) is 65.5 Å². The zero-order valence-corrected chi connectivity index (χ0v) is 14.0. The van der Waals surface area contributed by atoms with Crippen LogP contribution in [0.4, 0.5) is 5.69 Å². The summed E-state index contributed by atoms with van der Waals surface area (Å²) in [5, 5.41) is 3.28. The van der Waals surface area contributed by atoms with E-state index < -0.39 is 5.66 Å². The molecule has 1 amide bonds. The zero-order chi connectivity index (χ0) is 16.8. The van der Waals surface area contributed by atoms with Crippen LogP contribution < -0.4 is 10.2 Å². The molecule has 4 nitrogen and oxygen atoms in total. The Kier molecular flexibility index (Phi) is 3.23. The van der Waals surface area contributed by atoms with Gasteiger partial charge in [0.25, 0.3) is 0 Å². The number of nitrogens with one attached hydrogen (secondary N) is 1. The van der Waals surface area contributed by atoms with Crippen LogP contribution in [0, 0.1) is 0 Å². The molecule has 1 N–H and O–H groups in total. The topological polar surface area (TPSA) is 45.2 Å². The summed E-state index contributed by atoms with van der Waals surface area (Å²) in [6.07, 6.45) is 8.30. The van der Waals surface area contributed by atoms with Crippen LogP contribution in [0.15, 0.2) is 54.9 Å². The van der Waals surface area contributed by atoms with E-state index in [4.69, 9.17) is 0 Å². The van der Waals surface area contributed by atoms with E-state index in [1.165, 1.54) is 11.3 Å². The maximum Gasteiger partial charge on any atom is 0.223 e. The summed E-state index contributed by atoms with van der Waals surface area (Å²) >= 11 is 0. The van der Waals surface area contributed by atoms with Crippen LogP contribution >= 0.6 is 0 Å². The molecule has 4 heteroatoms. The first-order chi connectivity index (χ1) is 11.5. The van der Waals surface area contributed by atoms with Crippen LogP contribution in [-0.4, -0.2) is 23.1 Å². The quantitative estimate of drug-likeness (QED) is 0.925. The predicted octanol–water partition coefficient (Wildman–Crippen LogP) is 3.11. The summed E-state index contributed by atoms with van der Waals surface area (Å²) in [6.45, 7) is 5.12. The van der Waals surface area contributed by atoms with Crippen LogP contribution in [0.3, 0.4) is 0 Å². The number of pyridine rings is 1. The molecule has 1 atom stereocenters. The standard InChI is InChI=1S/C20H21N3O/c1-19(2)16-7-3-4-8-17(16)23-13-10-18(24)22-20(19,23)11-9-15-6-5-12-21-14-15/h3-9,11-12,14H,10,13H2,1-2H3,(H,22,24)/b11-9+/t20-/m1/s1. The van der Waals surface area contributed by atoms with E-state index in [0.29, 0.717) is 6.42 Å². The lowest BCUT2D eigenvalue weighted by Crippen LogP contribution is -2.68. The van der Waals surface area contributed by atoms with Gasteiger partial charge in [-0.1, -0.05) is 44.2 Å². The van der Waals surface area contributed by atoms with Crippen molar-refractivity contribution >= 4 is 17.7 Å². The van der Waals surface area contributed by atoms with E-state index >= 15 is 0 Å². The Labute approximate surface area is 142 Å². The molecule has 4 rings (SSSR count). The SMILES string of the molecule is CC1(C)c2ccccc2N2CCC(=O)N[C@]21/C=C/c1cccnc1. The van der Waals surface area contributed by atoms with Gasteiger partial charge in [-0.25, -0.2) is 0 Å². The summed E-state index contributed by atoms with van der Waals surface area (Å²) in [5.41, 5.74) is 2.71. The minimum atomic E-state index is -0.554. The Hall–Kier alpha value is -2.62. The van der Waals surface area contributed by atoms with Crippen LogP contribution in [0.5, 0.6) is 0 Å². The largest absolute Gasteiger partial charge is 0.344 e. The molecular weight excluding hydrogens is 298 g/mol. The predicted molar refractivity (Wildman–Crippen MR) is 95.6 cm³/mol. The maximum absolute atomic E-state index is 12.3. The molecule has 0 aliphatic carbocycles. The Balaban J connectivity index is 1.86. The second-order valence-corrected chi connectivity index (χ2v) is 6.98. The third kappa shape index (κ3) is 1.99. The number of benzene rings is 1. The van der Waals surface area contributed by atoms with Crippen LogP contribution in [0.25, 0.3) is 6.08 Å². The number of fused-ring (bicyclic) bond motifs is 3. The smallest absolute Gasteiger partial charge is 0.223 e. The second-order valence-electron chi connectivity index (χ2n) is 6.98. The number of para-hydroxylation sites is 1. The lowest BCUT2D eigenvalue weighted by atomic mass is 9.74. The molecule has 0 radical (unpaired) electrons. The van der Waals surface area contributed by atoms with Gasteiger partial charge in [-0.3, -0.25) is 9.78 Å². The Morgan fingerprint density at radius 3 is 2.83 bits per heavy atom. The highest BCUT2D eigenvalue weighted by Gasteiger charge is 2.57. The fourth-order valence-corrected chi connectivity index (χ4v) is 4.01. The van der Waals surface area contributed by atoms with Gasteiger partial charge in [-0.2, -0.15) is 0 Å². The fourth-order valence-electron chi connectivity index (χ4n) is 4.01. The number of carbonyl (C=O) groups excluding carboxylic acids is 1. The third-order valence-corrected chi connectivity index (χ3v) is 5.34. The number of aromatic nitrogens is 1. The van der Waals surface area contributed by atoms with Gasteiger partial charge in [0.1, 0.15) is 5.66 Å². The Bertz CT molecular complexity index is 813. The molecule has 3 heterocycles. The Morgan fingerprint density at radius 1 is 1.21 bits per heavy atom. The van der Waals surface area contributed by atoms with Gasteiger partial charge in [0.15, 0.2) is 0 Å². The van der Waals surface area contributed by atoms with Crippen molar-refractivity contribution in [3.63, 3.8) is 0 Å². The van der Waals surface area contributed by atoms with Crippen molar-refractivity contribution in [1.82, 2.24) is 10.3 Å². The number of hydrogen-bond donors (Lipinski definition) is 1. The van der Waals surface area contributed by atoms with Crippen molar-refractivity contribution in [2.24, 2.45) is 0 Å². The van der Waals surface area contributed by atoms with E-state index in [1.54, 1.807) is 6.20 Å². The van der Waals surface area contributed by atoms with Crippen LogP contribution in [0.2, 0.25) is 0 Å². The lowest BCUT2D eigenvalue weighted by Gasteiger charge is -2.49. The molecule has 1 saturated heterocycles. The van der Waals surface area contributed by atoms with Gasteiger partial charge < -0.3 is 10.2 Å². The highest BCUT2D eigenvalue weighted by atomic mass is 16.2. The van der Waals surface area contributed by atoms with E-state index in [9.17, 15) is 4.79 Å². The van der Waals surface area contributed by atoms with Gasteiger partial charge >= 0.3 is 0 Å². The van der Waals surface area contributed by atoms with Gasteiger partial charge in [0.2, 0.25) is 5.91 Å². The van der Waals surface area contributed by atoms with Crippen molar-refractivity contribution in [1.29, 1.82) is 0 Å². The molecule has 1 fully saturated rings. The monoisotopic (exact) mass is 319 g/mol. The number of carbonyl (C=O) groups is 1. The average molecular weight is 319 g/mol. The number of rotatable bonds is 2. The molecule has 0 bridgehead atoms. The zero-order valence-electron chi connectivity index (χ0n) is 14.0. The summed E-state index contributed by atoms with van der Waals surface area (Å²) < 4.78 is 0. The van der Waals surface area contributed by atoms with E-state index in [-0.39, 0.29) is 11.3 Å². The molecule has 0 spiro atoms. The molecule has 0 saturated carbocycles. The van der Waals surface area contributed by atoms with Crippen molar-refractivity contribution in [3.8, 4) is 0 Å². The molecule has 1 aromatic carbocycles. The first-order valence-electron chi connectivity index (χ1n) is 8.32. The Morgan fingerprint density at radius 2 is 2.04 bits per heavy atom.